The molecule has 2 aliphatic rings. The van der Waals surface area contributed by atoms with Crippen LogP contribution in [-0.4, -0.2) is 27.7 Å². The number of carbonyl (C=O) groups is 3. The topological polar surface area (TPSA) is 91.4 Å². The second kappa shape index (κ2) is 6.83. The fraction of sp³-hybridized carbons (Fsp3) is 0.333. The fourth-order valence-electron chi connectivity index (χ4n) is 3.56. The van der Waals surface area contributed by atoms with Crippen LogP contribution in [0.3, 0.4) is 0 Å². The van der Waals surface area contributed by atoms with Gasteiger partial charge in [-0.25, -0.2) is 9.78 Å². The molecular weight excluding hydrogens is 409 g/mol. The standard InChI is InChI=1S/C18H15F3N4O3S/c19-18(20,21)12-2-1-10-8-25(9-11(10)7-12)13(26)3-4-17(15-22-5-6-29-15)14(27)23-16(28)24-17/h1-2,5-7H,3-4,8-9H2,(H2,23,24,27,28). The van der Waals surface area contributed by atoms with Crippen molar-refractivity contribution in [3.8, 4) is 0 Å². The Morgan fingerprint density at radius 3 is 2.62 bits per heavy atom. The fourth-order valence-corrected chi connectivity index (χ4v) is 4.38. The third kappa shape index (κ3) is 3.46. The van der Waals surface area contributed by atoms with Crippen molar-refractivity contribution in [2.75, 3.05) is 0 Å². The molecule has 3 heterocycles. The van der Waals surface area contributed by atoms with E-state index in [0.717, 1.165) is 12.1 Å². The maximum atomic E-state index is 12.9. The predicted octanol–water partition coefficient (Wildman–Crippen LogP) is 2.52. The highest BCUT2D eigenvalue weighted by atomic mass is 32.1. The molecule has 0 aliphatic carbocycles. The third-order valence-corrected chi connectivity index (χ3v) is 6.00. The second-order valence-electron chi connectivity index (χ2n) is 6.88. The van der Waals surface area contributed by atoms with Gasteiger partial charge in [0.25, 0.3) is 5.91 Å². The number of halogens is 3. The maximum Gasteiger partial charge on any atom is 0.416 e. The van der Waals surface area contributed by atoms with E-state index in [1.807, 2.05) is 0 Å². The number of nitrogens with one attached hydrogen (secondary N) is 2. The van der Waals surface area contributed by atoms with Crippen LogP contribution in [0, 0.1) is 0 Å². The van der Waals surface area contributed by atoms with Gasteiger partial charge >= 0.3 is 12.2 Å². The molecule has 1 atom stereocenters. The summed E-state index contributed by atoms with van der Waals surface area (Å²) in [4.78, 5) is 42.3. The van der Waals surface area contributed by atoms with Crippen LogP contribution in [0.4, 0.5) is 18.0 Å². The minimum Gasteiger partial charge on any atom is -0.334 e. The smallest absolute Gasteiger partial charge is 0.334 e. The number of alkyl halides is 3. The SMILES string of the molecule is O=C1NC(=O)C(CCC(=O)N2Cc3ccc(C(F)(F)F)cc3C2)(c2nccs2)N1. The van der Waals surface area contributed by atoms with Gasteiger partial charge in [-0.3, -0.25) is 14.9 Å². The van der Waals surface area contributed by atoms with Crippen molar-refractivity contribution in [2.45, 2.75) is 37.6 Å². The highest BCUT2D eigenvalue weighted by Gasteiger charge is 2.50. The number of benzene rings is 1. The molecule has 11 heteroatoms. The van der Waals surface area contributed by atoms with Crippen LogP contribution in [0.1, 0.15) is 34.5 Å². The van der Waals surface area contributed by atoms with Gasteiger partial charge in [-0.2, -0.15) is 13.2 Å². The molecule has 0 bridgehead atoms. The normalized spacial score (nSPS) is 21.1. The average Bonchev–Trinajstić information content (AvgIpc) is 3.37. The third-order valence-electron chi connectivity index (χ3n) is 5.06. The molecule has 4 rings (SSSR count). The van der Waals surface area contributed by atoms with Crippen molar-refractivity contribution < 1.29 is 27.6 Å². The molecule has 0 radical (unpaired) electrons. The summed E-state index contributed by atoms with van der Waals surface area (Å²) in [6.45, 7) is 0.274. The van der Waals surface area contributed by atoms with Gasteiger partial charge in [0.15, 0.2) is 5.54 Å². The highest BCUT2D eigenvalue weighted by molar-refractivity contribution is 7.09. The zero-order valence-electron chi connectivity index (χ0n) is 14.9. The molecule has 4 amide bonds. The lowest BCUT2D eigenvalue weighted by Gasteiger charge is -2.24. The van der Waals surface area contributed by atoms with Gasteiger partial charge in [-0.1, -0.05) is 6.07 Å². The molecule has 2 aliphatic heterocycles. The molecule has 29 heavy (non-hydrogen) atoms. The largest absolute Gasteiger partial charge is 0.416 e. The lowest BCUT2D eigenvalue weighted by atomic mass is 9.94. The number of nitrogens with zero attached hydrogens (tertiary/aromatic N) is 2. The Morgan fingerprint density at radius 1 is 1.24 bits per heavy atom. The van der Waals surface area contributed by atoms with Gasteiger partial charge in [-0.15, -0.1) is 11.3 Å². The van der Waals surface area contributed by atoms with E-state index >= 15 is 0 Å². The van der Waals surface area contributed by atoms with Crippen LogP contribution in [-0.2, 0) is 34.4 Å². The lowest BCUT2D eigenvalue weighted by molar-refractivity contribution is -0.137. The number of thiazole rings is 1. The monoisotopic (exact) mass is 424 g/mol. The van der Waals surface area contributed by atoms with Gasteiger partial charge in [-0.05, 0) is 29.7 Å². The molecule has 1 unspecified atom stereocenters. The number of imide groups is 1. The van der Waals surface area contributed by atoms with E-state index in [2.05, 4.69) is 15.6 Å². The van der Waals surface area contributed by atoms with E-state index < -0.39 is 29.2 Å². The summed E-state index contributed by atoms with van der Waals surface area (Å²) in [5, 5.41) is 6.76. The van der Waals surface area contributed by atoms with Gasteiger partial charge in [0.1, 0.15) is 5.01 Å². The number of carbonyl (C=O) groups excluding carboxylic acids is 3. The van der Waals surface area contributed by atoms with Crippen LogP contribution in [0.25, 0.3) is 0 Å². The van der Waals surface area contributed by atoms with Gasteiger partial charge in [0, 0.05) is 31.1 Å². The first-order valence-corrected chi connectivity index (χ1v) is 9.57. The van der Waals surface area contributed by atoms with E-state index in [0.29, 0.717) is 16.1 Å². The van der Waals surface area contributed by atoms with Crippen LogP contribution in [0.5, 0.6) is 0 Å². The zero-order chi connectivity index (χ0) is 20.8. The van der Waals surface area contributed by atoms with Crippen molar-refractivity contribution in [1.82, 2.24) is 20.5 Å². The minimum absolute atomic E-state index is 0.00241. The van der Waals surface area contributed by atoms with Crippen molar-refractivity contribution in [3.63, 3.8) is 0 Å². The average molecular weight is 424 g/mol. The Kier molecular flexibility index (Phi) is 4.56. The van der Waals surface area contributed by atoms with Crippen LogP contribution < -0.4 is 10.6 Å². The lowest BCUT2D eigenvalue weighted by Crippen LogP contribution is -2.44. The van der Waals surface area contributed by atoms with Crippen LogP contribution in [0.15, 0.2) is 29.8 Å². The molecule has 0 spiro atoms. The quantitative estimate of drug-likeness (QED) is 0.738. The number of amides is 4. The van der Waals surface area contributed by atoms with Crippen LogP contribution >= 0.6 is 11.3 Å². The predicted molar refractivity (Wildman–Crippen MR) is 95.4 cm³/mol. The number of urea groups is 1. The number of aromatic nitrogens is 1. The van der Waals surface area contributed by atoms with Crippen molar-refractivity contribution in [2.24, 2.45) is 0 Å². The first-order chi connectivity index (χ1) is 13.7. The summed E-state index contributed by atoms with van der Waals surface area (Å²) in [7, 11) is 0. The summed E-state index contributed by atoms with van der Waals surface area (Å²) >= 11 is 1.18. The first kappa shape index (κ1) is 19.4. The van der Waals surface area contributed by atoms with E-state index in [1.165, 1.54) is 28.5 Å². The summed E-state index contributed by atoms with van der Waals surface area (Å²) in [6, 6.07) is 2.78. The first-order valence-electron chi connectivity index (χ1n) is 8.69. The van der Waals surface area contributed by atoms with Crippen LogP contribution in [0.2, 0.25) is 0 Å². The number of fused-ring (bicyclic) bond motifs is 1. The van der Waals surface area contributed by atoms with E-state index in [4.69, 9.17) is 0 Å². The molecule has 152 valence electrons. The molecular formula is C18H15F3N4O3S. The number of rotatable bonds is 4. The van der Waals surface area contributed by atoms with E-state index in [1.54, 1.807) is 5.38 Å². The van der Waals surface area contributed by atoms with Crippen molar-refractivity contribution in [1.29, 1.82) is 0 Å². The van der Waals surface area contributed by atoms with E-state index in [-0.39, 0.29) is 31.8 Å². The summed E-state index contributed by atoms with van der Waals surface area (Å²) in [6.07, 6.45) is -3.03. The van der Waals surface area contributed by atoms with Crippen molar-refractivity contribution >= 4 is 29.2 Å². The summed E-state index contributed by atoms with van der Waals surface area (Å²) in [5.74, 6) is -0.899. The van der Waals surface area contributed by atoms with Crippen molar-refractivity contribution in [3.05, 3.63) is 51.5 Å². The Labute approximate surface area is 166 Å². The molecule has 0 saturated carbocycles. The van der Waals surface area contributed by atoms with E-state index in [9.17, 15) is 27.6 Å². The zero-order valence-corrected chi connectivity index (χ0v) is 15.7. The highest BCUT2D eigenvalue weighted by Crippen LogP contribution is 2.35. The second-order valence-corrected chi connectivity index (χ2v) is 7.78. The van der Waals surface area contributed by atoms with Gasteiger partial charge < -0.3 is 10.2 Å². The summed E-state index contributed by atoms with van der Waals surface area (Å²) < 4.78 is 38.7. The molecule has 1 aromatic heterocycles. The maximum absolute atomic E-state index is 12.9. The Hall–Kier alpha value is -2.95. The van der Waals surface area contributed by atoms with Gasteiger partial charge in [0.2, 0.25) is 5.91 Å². The summed E-state index contributed by atoms with van der Waals surface area (Å²) in [5.41, 5.74) is -1.06. The minimum atomic E-state index is -4.44. The molecule has 1 aromatic carbocycles. The molecule has 1 fully saturated rings. The Bertz CT molecular complexity index is 993. The Morgan fingerprint density at radius 2 is 2.00 bits per heavy atom. The molecule has 7 nitrogen and oxygen atoms in total. The Balaban J connectivity index is 1.47. The molecule has 1 saturated heterocycles. The van der Waals surface area contributed by atoms with Gasteiger partial charge in [0.05, 0.1) is 5.56 Å². The molecule has 2 N–H and O–H groups in total. The number of hydrogen-bond donors (Lipinski definition) is 2. The number of hydrogen-bond acceptors (Lipinski definition) is 5. The molecule has 2 aromatic rings.